The summed E-state index contributed by atoms with van der Waals surface area (Å²) in [6, 6.07) is 0.866. The molecule has 0 aromatic heterocycles. The second-order valence-corrected chi connectivity index (χ2v) is 6.28. The minimum Gasteiger partial charge on any atom is -0.377 e. The largest absolute Gasteiger partial charge is 0.377 e. The summed E-state index contributed by atoms with van der Waals surface area (Å²) in [5.41, 5.74) is -0.123. The summed E-state index contributed by atoms with van der Waals surface area (Å²) in [4.78, 5) is 2.24. The van der Waals surface area contributed by atoms with Crippen molar-refractivity contribution in [3.8, 4) is 0 Å². The van der Waals surface area contributed by atoms with Gasteiger partial charge in [0.2, 0.25) is 0 Å². The number of likely N-dealkylation sites (N-methyl/N-ethyl adjacent to an activating group) is 1. The van der Waals surface area contributed by atoms with E-state index >= 15 is 0 Å². The van der Waals surface area contributed by atoms with E-state index in [2.05, 4.69) is 58.9 Å². The van der Waals surface area contributed by atoms with E-state index in [1.807, 2.05) is 0 Å². The first kappa shape index (κ1) is 16.9. The van der Waals surface area contributed by atoms with Crippen molar-refractivity contribution in [2.45, 2.75) is 58.7 Å². The number of rotatable bonds is 8. The van der Waals surface area contributed by atoms with E-state index in [1.165, 1.54) is 6.42 Å². The van der Waals surface area contributed by atoms with Gasteiger partial charge in [-0.3, -0.25) is 0 Å². The minimum absolute atomic E-state index is 0.123. The van der Waals surface area contributed by atoms with Crippen LogP contribution in [0.15, 0.2) is 0 Å². The zero-order chi connectivity index (χ0) is 13.6. The molecular weight excluding hydrogens is 212 g/mol. The van der Waals surface area contributed by atoms with Gasteiger partial charge in [-0.25, -0.2) is 0 Å². The first-order valence-electron chi connectivity index (χ1n) is 6.65. The van der Waals surface area contributed by atoms with Crippen LogP contribution in [-0.4, -0.2) is 50.3 Å². The van der Waals surface area contributed by atoms with Crippen molar-refractivity contribution in [1.29, 1.82) is 0 Å². The fourth-order valence-electron chi connectivity index (χ4n) is 1.94. The standard InChI is InChI=1S/C14H32N2O/c1-11(2)9-13(10-16(6)7)15-12(3)14(4,5)17-8/h11-13,15H,9-10H2,1-8H3. The molecule has 17 heavy (non-hydrogen) atoms. The molecule has 3 heteroatoms. The Bertz CT molecular complexity index is 192. The molecular formula is C14H32N2O. The van der Waals surface area contributed by atoms with Gasteiger partial charge in [0.15, 0.2) is 0 Å². The first-order valence-corrected chi connectivity index (χ1v) is 6.65. The van der Waals surface area contributed by atoms with Gasteiger partial charge in [0.05, 0.1) is 5.60 Å². The highest BCUT2D eigenvalue weighted by atomic mass is 16.5. The van der Waals surface area contributed by atoms with Gasteiger partial charge in [0, 0.05) is 25.7 Å². The third-order valence-electron chi connectivity index (χ3n) is 3.40. The molecule has 0 fully saturated rings. The fourth-order valence-corrected chi connectivity index (χ4v) is 1.94. The monoisotopic (exact) mass is 244 g/mol. The SMILES string of the molecule is COC(C)(C)C(C)NC(CC(C)C)CN(C)C. The number of ether oxygens (including phenoxy) is 1. The van der Waals surface area contributed by atoms with Crippen LogP contribution in [0.2, 0.25) is 0 Å². The third-order valence-corrected chi connectivity index (χ3v) is 3.40. The Labute approximate surface area is 108 Å². The molecule has 0 aromatic carbocycles. The second-order valence-electron chi connectivity index (χ2n) is 6.28. The van der Waals surface area contributed by atoms with Crippen LogP contribution in [0.3, 0.4) is 0 Å². The summed E-state index contributed by atoms with van der Waals surface area (Å²) in [6.45, 7) is 12.1. The summed E-state index contributed by atoms with van der Waals surface area (Å²) < 4.78 is 5.53. The summed E-state index contributed by atoms with van der Waals surface area (Å²) >= 11 is 0. The van der Waals surface area contributed by atoms with Gasteiger partial charge in [-0.05, 0) is 47.2 Å². The Hall–Kier alpha value is -0.120. The number of hydrogen-bond donors (Lipinski definition) is 1. The summed E-state index contributed by atoms with van der Waals surface area (Å²) in [7, 11) is 6.03. The molecule has 0 aliphatic heterocycles. The lowest BCUT2D eigenvalue weighted by molar-refractivity contribution is -0.00957. The van der Waals surface area contributed by atoms with Crippen LogP contribution < -0.4 is 5.32 Å². The van der Waals surface area contributed by atoms with Crippen LogP contribution in [0, 0.1) is 5.92 Å². The lowest BCUT2D eigenvalue weighted by Crippen LogP contribution is -2.52. The van der Waals surface area contributed by atoms with Crippen LogP contribution in [0.5, 0.6) is 0 Å². The summed E-state index contributed by atoms with van der Waals surface area (Å²) in [5.74, 6) is 0.713. The fraction of sp³-hybridized carbons (Fsp3) is 1.00. The van der Waals surface area contributed by atoms with Crippen molar-refractivity contribution in [1.82, 2.24) is 10.2 Å². The van der Waals surface area contributed by atoms with Crippen LogP contribution in [-0.2, 0) is 4.74 Å². The van der Waals surface area contributed by atoms with Gasteiger partial charge < -0.3 is 15.0 Å². The maximum atomic E-state index is 5.53. The quantitative estimate of drug-likeness (QED) is 0.709. The Morgan fingerprint density at radius 2 is 1.71 bits per heavy atom. The second kappa shape index (κ2) is 7.34. The third kappa shape index (κ3) is 7.02. The van der Waals surface area contributed by atoms with Crippen molar-refractivity contribution in [2.75, 3.05) is 27.7 Å². The van der Waals surface area contributed by atoms with Crippen molar-refractivity contribution >= 4 is 0 Å². The molecule has 0 saturated carbocycles. The van der Waals surface area contributed by atoms with E-state index < -0.39 is 0 Å². The number of methoxy groups -OCH3 is 1. The molecule has 2 atom stereocenters. The van der Waals surface area contributed by atoms with Crippen LogP contribution in [0.25, 0.3) is 0 Å². The van der Waals surface area contributed by atoms with E-state index in [1.54, 1.807) is 7.11 Å². The van der Waals surface area contributed by atoms with Gasteiger partial charge in [-0.1, -0.05) is 13.8 Å². The van der Waals surface area contributed by atoms with Gasteiger partial charge in [0.25, 0.3) is 0 Å². The van der Waals surface area contributed by atoms with Gasteiger partial charge >= 0.3 is 0 Å². The number of nitrogens with one attached hydrogen (secondary N) is 1. The molecule has 0 amide bonds. The highest BCUT2D eigenvalue weighted by molar-refractivity contribution is 4.85. The van der Waals surface area contributed by atoms with Crippen LogP contribution in [0.4, 0.5) is 0 Å². The molecule has 0 bridgehead atoms. The Morgan fingerprint density at radius 3 is 2.06 bits per heavy atom. The molecule has 0 spiro atoms. The molecule has 0 rings (SSSR count). The van der Waals surface area contributed by atoms with Crippen molar-refractivity contribution in [2.24, 2.45) is 5.92 Å². The average Bonchev–Trinajstić information content (AvgIpc) is 2.15. The maximum Gasteiger partial charge on any atom is 0.0772 e. The van der Waals surface area contributed by atoms with E-state index in [-0.39, 0.29) is 5.60 Å². The topological polar surface area (TPSA) is 24.5 Å². The van der Waals surface area contributed by atoms with E-state index in [9.17, 15) is 0 Å². The average molecular weight is 244 g/mol. The molecule has 3 nitrogen and oxygen atoms in total. The van der Waals surface area contributed by atoms with Gasteiger partial charge in [-0.2, -0.15) is 0 Å². The zero-order valence-corrected chi connectivity index (χ0v) is 13.0. The predicted molar refractivity (Wildman–Crippen MR) is 75.5 cm³/mol. The van der Waals surface area contributed by atoms with E-state index in [4.69, 9.17) is 4.74 Å². The molecule has 2 unspecified atom stereocenters. The molecule has 104 valence electrons. The van der Waals surface area contributed by atoms with Crippen LogP contribution >= 0.6 is 0 Å². The van der Waals surface area contributed by atoms with Crippen molar-refractivity contribution < 1.29 is 4.74 Å². The lowest BCUT2D eigenvalue weighted by Gasteiger charge is -2.35. The van der Waals surface area contributed by atoms with Gasteiger partial charge in [-0.15, -0.1) is 0 Å². The Kier molecular flexibility index (Phi) is 7.29. The molecule has 0 aromatic rings. The Morgan fingerprint density at radius 1 is 1.18 bits per heavy atom. The zero-order valence-electron chi connectivity index (χ0n) is 13.0. The van der Waals surface area contributed by atoms with Crippen LogP contribution in [0.1, 0.15) is 41.0 Å². The number of hydrogen-bond acceptors (Lipinski definition) is 3. The highest BCUT2D eigenvalue weighted by Gasteiger charge is 2.27. The molecule has 0 radical (unpaired) electrons. The molecule has 0 aliphatic rings. The summed E-state index contributed by atoms with van der Waals surface area (Å²) in [5, 5.41) is 3.70. The van der Waals surface area contributed by atoms with Crippen molar-refractivity contribution in [3.63, 3.8) is 0 Å². The molecule has 0 aliphatic carbocycles. The smallest absolute Gasteiger partial charge is 0.0772 e. The lowest BCUT2D eigenvalue weighted by atomic mass is 9.96. The summed E-state index contributed by atoms with van der Waals surface area (Å²) in [6.07, 6.45) is 1.20. The molecule has 1 N–H and O–H groups in total. The Balaban J connectivity index is 4.41. The van der Waals surface area contributed by atoms with E-state index in [0.29, 0.717) is 18.0 Å². The minimum atomic E-state index is -0.123. The predicted octanol–water partition coefficient (Wildman–Crippen LogP) is 2.37. The normalized spacial score (nSPS) is 16.6. The molecule has 0 heterocycles. The highest BCUT2D eigenvalue weighted by Crippen LogP contribution is 2.15. The first-order chi connectivity index (χ1) is 7.69. The van der Waals surface area contributed by atoms with Crippen molar-refractivity contribution in [3.05, 3.63) is 0 Å². The number of nitrogens with zero attached hydrogens (tertiary/aromatic N) is 1. The maximum absolute atomic E-state index is 5.53. The molecule has 0 saturated heterocycles. The van der Waals surface area contributed by atoms with E-state index in [0.717, 1.165) is 6.54 Å². The van der Waals surface area contributed by atoms with Gasteiger partial charge in [0.1, 0.15) is 0 Å².